The normalized spacial score (nSPS) is 14.8. The highest BCUT2D eigenvalue weighted by Crippen LogP contribution is 2.14. The van der Waals surface area contributed by atoms with Crippen LogP contribution in [0.3, 0.4) is 0 Å². The average molecular weight is 354 g/mol. The van der Waals surface area contributed by atoms with Crippen LogP contribution >= 0.6 is 0 Å². The Hall–Kier alpha value is -2.44. The molecular weight excluding hydrogens is 328 g/mol. The molecule has 6 heteroatoms. The van der Waals surface area contributed by atoms with Gasteiger partial charge < -0.3 is 15.0 Å². The predicted octanol–water partition coefficient (Wildman–Crippen LogP) is 1.78. The summed E-state index contributed by atoms with van der Waals surface area (Å²) >= 11 is 0. The van der Waals surface area contributed by atoms with Gasteiger partial charge in [0, 0.05) is 51.5 Å². The molecule has 1 aromatic heterocycles. The lowest BCUT2D eigenvalue weighted by Crippen LogP contribution is -2.41. The Kier molecular flexibility index (Phi) is 6.57. The van der Waals surface area contributed by atoms with E-state index in [0.29, 0.717) is 12.1 Å². The molecule has 0 saturated carbocycles. The van der Waals surface area contributed by atoms with Gasteiger partial charge in [-0.25, -0.2) is 4.98 Å². The molecule has 1 aliphatic heterocycles. The number of hydrogen-bond acceptors (Lipinski definition) is 5. The Bertz CT molecular complexity index is 702. The van der Waals surface area contributed by atoms with Gasteiger partial charge in [0.15, 0.2) is 0 Å². The zero-order valence-electron chi connectivity index (χ0n) is 15.2. The minimum atomic E-state index is -0.0602. The van der Waals surface area contributed by atoms with E-state index in [1.807, 2.05) is 36.2 Å². The van der Waals surface area contributed by atoms with Crippen molar-refractivity contribution in [2.24, 2.45) is 0 Å². The lowest BCUT2D eigenvalue weighted by atomic mass is 10.2. The molecule has 0 aliphatic carbocycles. The molecule has 138 valence electrons. The van der Waals surface area contributed by atoms with Crippen molar-refractivity contribution in [2.45, 2.75) is 6.54 Å². The Morgan fingerprint density at radius 1 is 1.23 bits per heavy atom. The van der Waals surface area contributed by atoms with Crippen molar-refractivity contribution in [3.63, 3.8) is 0 Å². The molecule has 2 heterocycles. The first-order chi connectivity index (χ1) is 12.7. The van der Waals surface area contributed by atoms with Gasteiger partial charge in [0.1, 0.15) is 5.82 Å². The molecule has 1 aliphatic rings. The third-order valence-corrected chi connectivity index (χ3v) is 4.48. The smallest absolute Gasteiger partial charge is 0.251 e. The first-order valence-electron chi connectivity index (χ1n) is 9.02. The summed E-state index contributed by atoms with van der Waals surface area (Å²) in [5.41, 5.74) is 1.84. The maximum Gasteiger partial charge on any atom is 0.251 e. The number of rotatable bonds is 7. The molecule has 1 amide bonds. The minimum Gasteiger partial charge on any atom is -0.379 e. The van der Waals surface area contributed by atoms with Crippen LogP contribution in [0.15, 0.2) is 48.7 Å². The number of benzene rings is 1. The third kappa shape index (κ3) is 5.28. The number of morpholine rings is 1. The van der Waals surface area contributed by atoms with Gasteiger partial charge in [-0.05, 0) is 17.7 Å². The molecule has 1 fully saturated rings. The van der Waals surface area contributed by atoms with Crippen molar-refractivity contribution in [3.05, 3.63) is 59.8 Å². The summed E-state index contributed by atoms with van der Waals surface area (Å²) in [6.07, 6.45) is 1.69. The van der Waals surface area contributed by atoms with Crippen molar-refractivity contribution in [1.29, 1.82) is 0 Å². The highest BCUT2D eigenvalue weighted by Gasteiger charge is 2.12. The minimum absolute atomic E-state index is 0.0602. The fourth-order valence-electron chi connectivity index (χ4n) is 2.96. The SMILES string of the molecule is CN(Cc1ccccc1)c1cc(C(=O)NCCN2CCOCC2)ccn1. The summed E-state index contributed by atoms with van der Waals surface area (Å²) in [6, 6.07) is 13.8. The first-order valence-corrected chi connectivity index (χ1v) is 9.02. The number of anilines is 1. The van der Waals surface area contributed by atoms with Gasteiger partial charge in [0.25, 0.3) is 5.91 Å². The Labute approximate surface area is 154 Å². The number of ether oxygens (including phenoxy) is 1. The summed E-state index contributed by atoms with van der Waals surface area (Å²) < 4.78 is 5.33. The van der Waals surface area contributed by atoms with E-state index in [4.69, 9.17) is 4.74 Å². The van der Waals surface area contributed by atoms with Crippen LogP contribution in [0.4, 0.5) is 5.82 Å². The average Bonchev–Trinajstić information content (AvgIpc) is 2.69. The summed E-state index contributed by atoms with van der Waals surface area (Å²) in [4.78, 5) is 21.2. The maximum absolute atomic E-state index is 12.4. The highest BCUT2D eigenvalue weighted by molar-refractivity contribution is 5.94. The second kappa shape index (κ2) is 9.31. The second-order valence-corrected chi connectivity index (χ2v) is 6.45. The Morgan fingerprint density at radius 2 is 2.00 bits per heavy atom. The molecule has 0 unspecified atom stereocenters. The van der Waals surface area contributed by atoms with Crippen LogP contribution in [-0.2, 0) is 11.3 Å². The third-order valence-electron chi connectivity index (χ3n) is 4.48. The Balaban J connectivity index is 1.53. The van der Waals surface area contributed by atoms with E-state index < -0.39 is 0 Å². The van der Waals surface area contributed by atoms with Gasteiger partial charge in [-0.3, -0.25) is 9.69 Å². The van der Waals surface area contributed by atoms with Crippen molar-refractivity contribution >= 4 is 11.7 Å². The molecule has 6 nitrogen and oxygen atoms in total. The Morgan fingerprint density at radius 3 is 2.77 bits per heavy atom. The van der Waals surface area contributed by atoms with E-state index in [-0.39, 0.29) is 5.91 Å². The fourth-order valence-corrected chi connectivity index (χ4v) is 2.96. The number of hydrogen-bond donors (Lipinski definition) is 1. The topological polar surface area (TPSA) is 57.7 Å². The van der Waals surface area contributed by atoms with Gasteiger partial charge in [-0.15, -0.1) is 0 Å². The molecule has 0 atom stereocenters. The van der Waals surface area contributed by atoms with Gasteiger partial charge in [-0.2, -0.15) is 0 Å². The molecule has 26 heavy (non-hydrogen) atoms. The summed E-state index contributed by atoms with van der Waals surface area (Å²) in [7, 11) is 1.98. The predicted molar refractivity (Wildman–Crippen MR) is 102 cm³/mol. The number of aromatic nitrogens is 1. The van der Waals surface area contributed by atoms with E-state index >= 15 is 0 Å². The van der Waals surface area contributed by atoms with Gasteiger partial charge in [-0.1, -0.05) is 30.3 Å². The van der Waals surface area contributed by atoms with Crippen LogP contribution in [0.1, 0.15) is 15.9 Å². The van der Waals surface area contributed by atoms with Crippen molar-refractivity contribution in [2.75, 3.05) is 51.3 Å². The van der Waals surface area contributed by atoms with E-state index in [0.717, 1.165) is 45.2 Å². The largest absolute Gasteiger partial charge is 0.379 e. The molecule has 0 bridgehead atoms. The van der Waals surface area contributed by atoms with Crippen molar-refractivity contribution < 1.29 is 9.53 Å². The van der Waals surface area contributed by atoms with Crippen LogP contribution < -0.4 is 10.2 Å². The van der Waals surface area contributed by atoms with Crippen molar-refractivity contribution in [1.82, 2.24) is 15.2 Å². The zero-order chi connectivity index (χ0) is 18.2. The summed E-state index contributed by atoms with van der Waals surface area (Å²) in [5, 5.41) is 2.99. The first kappa shape index (κ1) is 18.4. The number of amides is 1. The monoisotopic (exact) mass is 354 g/mol. The molecule has 1 saturated heterocycles. The van der Waals surface area contributed by atoms with Crippen molar-refractivity contribution in [3.8, 4) is 0 Å². The number of carbonyl (C=O) groups is 1. The van der Waals surface area contributed by atoms with Gasteiger partial charge in [0.2, 0.25) is 0 Å². The van der Waals surface area contributed by atoms with Crippen LogP contribution in [-0.4, -0.2) is 62.2 Å². The van der Waals surface area contributed by atoms with Gasteiger partial charge >= 0.3 is 0 Å². The number of nitrogens with one attached hydrogen (secondary N) is 1. The number of nitrogens with zero attached hydrogens (tertiary/aromatic N) is 3. The lowest BCUT2D eigenvalue weighted by molar-refractivity contribution is 0.0383. The summed E-state index contributed by atoms with van der Waals surface area (Å²) in [5.74, 6) is 0.727. The highest BCUT2D eigenvalue weighted by atomic mass is 16.5. The van der Waals surface area contributed by atoms with E-state index in [1.165, 1.54) is 5.56 Å². The van der Waals surface area contributed by atoms with E-state index in [2.05, 4.69) is 27.3 Å². The zero-order valence-corrected chi connectivity index (χ0v) is 15.2. The quantitative estimate of drug-likeness (QED) is 0.821. The molecule has 0 spiro atoms. The maximum atomic E-state index is 12.4. The molecule has 1 aromatic carbocycles. The fraction of sp³-hybridized carbons (Fsp3) is 0.400. The molecule has 3 rings (SSSR count). The molecular formula is C20H26N4O2. The molecule has 0 radical (unpaired) electrons. The lowest BCUT2D eigenvalue weighted by Gasteiger charge is -2.26. The van der Waals surface area contributed by atoms with Crippen LogP contribution in [0.25, 0.3) is 0 Å². The van der Waals surface area contributed by atoms with Gasteiger partial charge in [0.05, 0.1) is 13.2 Å². The second-order valence-electron chi connectivity index (χ2n) is 6.45. The van der Waals surface area contributed by atoms with Crippen LogP contribution in [0, 0.1) is 0 Å². The van der Waals surface area contributed by atoms with E-state index in [9.17, 15) is 4.79 Å². The standard InChI is InChI=1S/C20H26N4O2/c1-23(16-17-5-3-2-4-6-17)19-15-18(7-8-21-19)20(25)22-9-10-24-11-13-26-14-12-24/h2-8,15H,9-14,16H2,1H3,(H,22,25). The number of carbonyl (C=O) groups excluding carboxylic acids is 1. The summed E-state index contributed by atoms with van der Waals surface area (Å²) in [6.45, 7) is 5.64. The number of pyridine rings is 1. The molecule has 2 aromatic rings. The van der Waals surface area contributed by atoms with Crippen LogP contribution in [0.5, 0.6) is 0 Å². The van der Waals surface area contributed by atoms with E-state index in [1.54, 1.807) is 12.3 Å². The van der Waals surface area contributed by atoms with Crippen LogP contribution in [0.2, 0.25) is 0 Å². The molecule has 1 N–H and O–H groups in total.